The number of amides is 1. The number of nitrogens with one attached hydrogen (secondary N) is 1. The maximum atomic E-state index is 11.9. The topological polar surface area (TPSA) is 64.3 Å². The summed E-state index contributed by atoms with van der Waals surface area (Å²) in [6.45, 7) is -2.03. The Morgan fingerprint density at radius 1 is 1.45 bits per heavy atom. The quantitative estimate of drug-likeness (QED) is 0.813. The van der Waals surface area contributed by atoms with Crippen LogP contribution in [0.25, 0.3) is 0 Å². The Bertz CT molecular complexity index is 523. The van der Waals surface area contributed by atoms with E-state index in [1.54, 1.807) is 5.32 Å². The fourth-order valence-corrected chi connectivity index (χ4v) is 1.79. The van der Waals surface area contributed by atoms with Crippen molar-refractivity contribution in [2.24, 2.45) is 5.73 Å². The van der Waals surface area contributed by atoms with Crippen LogP contribution in [0.15, 0.2) is 18.2 Å². The van der Waals surface area contributed by atoms with Crippen LogP contribution in [-0.2, 0) is 4.79 Å². The molecule has 1 rings (SSSR count). The molecule has 1 aromatic rings. The first-order valence-electron chi connectivity index (χ1n) is 5.25. The van der Waals surface area contributed by atoms with Crippen molar-refractivity contribution in [3.8, 4) is 5.75 Å². The summed E-state index contributed by atoms with van der Waals surface area (Å²) < 4.78 is 40.8. The monoisotopic (exact) mass is 326 g/mol. The Morgan fingerprint density at radius 2 is 2.10 bits per heavy atom. The molecule has 0 spiro atoms. The van der Waals surface area contributed by atoms with E-state index in [1.165, 1.54) is 18.2 Å². The number of benzene rings is 1. The lowest BCUT2D eigenvalue weighted by Crippen LogP contribution is -2.36. The summed E-state index contributed by atoms with van der Waals surface area (Å²) in [6.07, 6.45) is -4.48. The lowest BCUT2D eigenvalue weighted by atomic mass is 10.2. The van der Waals surface area contributed by atoms with E-state index in [0.717, 1.165) is 0 Å². The highest BCUT2D eigenvalue weighted by atomic mass is 35.5. The third kappa shape index (κ3) is 5.22. The molecule has 0 radical (unpaired) electrons. The average molecular weight is 327 g/mol. The van der Waals surface area contributed by atoms with Crippen LogP contribution >= 0.6 is 23.8 Å². The molecule has 9 heteroatoms. The zero-order chi connectivity index (χ0) is 15.3. The van der Waals surface area contributed by atoms with Gasteiger partial charge in [0.15, 0.2) is 6.61 Å². The molecule has 1 amide bonds. The highest BCUT2D eigenvalue weighted by molar-refractivity contribution is 7.80. The molecule has 0 atom stereocenters. The number of rotatable bonds is 5. The number of carbonyl (C=O) groups is 1. The SMILES string of the molecule is NC(=S)c1c(Cl)cccc1OCC(=O)NCC(F)(F)F. The van der Waals surface area contributed by atoms with Gasteiger partial charge in [0, 0.05) is 0 Å². The van der Waals surface area contributed by atoms with Crippen molar-refractivity contribution in [1.82, 2.24) is 5.32 Å². The number of alkyl halides is 3. The van der Waals surface area contributed by atoms with E-state index >= 15 is 0 Å². The van der Waals surface area contributed by atoms with Gasteiger partial charge < -0.3 is 15.8 Å². The summed E-state index contributed by atoms with van der Waals surface area (Å²) >= 11 is 10.6. The van der Waals surface area contributed by atoms with Crippen molar-refractivity contribution in [3.63, 3.8) is 0 Å². The van der Waals surface area contributed by atoms with Crippen LogP contribution in [-0.4, -0.2) is 30.2 Å². The number of hydrogen-bond acceptors (Lipinski definition) is 3. The van der Waals surface area contributed by atoms with E-state index in [4.69, 9.17) is 34.3 Å². The van der Waals surface area contributed by atoms with Gasteiger partial charge in [-0.15, -0.1) is 0 Å². The number of nitrogens with two attached hydrogens (primary N) is 1. The smallest absolute Gasteiger partial charge is 0.405 e. The number of ether oxygens (including phenoxy) is 1. The average Bonchev–Trinajstić information content (AvgIpc) is 2.32. The van der Waals surface area contributed by atoms with Crippen LogP contribution in [0.4, 0.5) is 13.2 Å². The molecule has 0 fully saturated rings. The largest absolute Gasteiger partial charge is 0.483 e. The molecular formula is C11H10ClF3N2O2S. The Balaban J connectivity index is 2.64. The zero-order valence-electron chi connectivity index (χ0n) is 9.96. The summed E-state index contributed by atoms with van der Waals surface area (Å²) in [7, 11) is 0. The standard InChI is InChI=1S/C11H10ClF3N2O2S/c12-6-2-1-3-7(9(6)10(16)20)19-4-8(18)17-5-11(13,14)15/h1-3H,4-5H2,(H2,16,20)(H,17,18). The van der Waals surface area contributed by atoms with Gasteiger partial charge in [-0.1, -0.05) is 29.9 Å². The van der Waals surface area contributed by atoms with Gasteiger partial charge in [0.25, 0.3) is 5.91 Å². The van der Waals surface area contributed by atoms with Gasteiger partial charge in [0.1, 0.15) is 17.3 Å². The van der Waals surface area contributed by atoms with Crippen molar-refractivity contribution in [1.29, 1.82) is 0 Å². The summed E-state index contributed by atoms with van der Waals surface area (Å²) in [5, 5.41) is 1.90. The number of halogens is 4. The van der Waals surface area contributed by atoms with Crippen molar-refractivity contribution < 1.29 is 22.7 Å². The minimum Gasteiger partial charge on any atom is -0.483 e. The predicted molar refractivity (Wildman–Crippen MR) is 71.9 cm³/mol. The van der Waals surface area contributed by atoms with Crippen molar-refractivity contribution >= 4 is 34.7 Å². The maximum Gasteiger partial charge on any atom is 0.405 e. The van der Waals surface area contributed by atoms with Crippen LogP contribution in [0.2, 0.25) is 5.02 Å². The first kappa shape index (κ1) is 16.5. The molecule has 0 aliphatic rings. The Morgan fingerprint density at radius 3 is 2.65 bits per heavy atom. The maximum absolute atomic E-state index is 11.9. The first-order chi connectivity index (χ1) is 9.20. The number of carbonyl (C=O) groups excluding carboxylic acids is 1. The van der Waals surface area contributed by atoms with E-state index < -0.39 is 25.2 Å². The second-order valence-corrected chi connectivity index (χ2v) is 4.50. The number of thiocarbonyl (C=S) groups is 1. The van der Waals surface area contributed by atoms with Crippen LogP contribution < -0.4 is 15.8 Å². The molecule has 4 nitrogen and oxygen atoms in total. The summed E-state index contributed by atoms with van der Waals surface area (Å²) in [5.41, 5.74) is 5.68. The lowest BCUT2D eigenvalue weighted by molar-refractivity contribution is -0.139. The predicted octanol–water partition coefficient (Wildman–Crippen LogP) is 2.03. The third-order valence-corrected chi connectivity index (χ3v) is 2.59. The van der Waals surface area contributed by atoms with Crippen molar-refractivity contribution in [2.45, 2.75) is 6.18 Å². The van der Waals surface area contributed by atoms with Gasteiger partial charge >= 0.3 is 6.18 Å². The molecule has 20 heavy (non-hydrogen) atoms. The minimum absolute atomic E-state index is 0.0405. The molecule has 0 saturated carbocycles. The molecule has 0 bridgehead atoms. The first-order valence-corrected chi connectivity index (χ1v) is 6.04. The molecule has 0 heterocycles. The molecule has 3 N–H and O–H groups in total. The molecular weight excluding hydrogens is 317 g/mol. The highest BCUT2D eigenvalue weighted by Crippen LogP contribution is 2.26. The fourth-order valence-electron chi connectivity index (χ4n) is 1.26. The van der Waals surface area contributed by atoms with Gasteiger partial charge in [0.2, 0.25) is 0 Å². The third-order valence-electron chi connectivity index (χ3n) is 2.07. The minimum atomic E-state index is -4.48. The van der Waals surface area contributed by atoms with Crippen molar-refractivity contribution in [3.05, 3.63) is 28.8 Å². The second-order valence-electron chi connectivity index (χ2n) is 3.66. The van der Waals surface area contributed by atoms with E-state index in [9.17, 15) is 18.0 Å². The molecule has 0 saturated heterocycles. The van der Waals surface area contributed by atoms with Crippen LogP contribution in [0.3, 0.4) is 0 Å². The Kier molecular flexibility index (Phi) is 5.58. The van der Waals surface area contributed by atoms with E-state index in [-0.39, 0.29) is 21.3 Å². The molecule has 0 aliphatic heterocycles. The Labute approximate surface area is 123 Å². The molecule has 0 unspecified atom stereocenters. The summed E-state index contributed by atoms with van der Waals surface area (Å²) in [4.78, 5) is 11.2. The number of hydrogen-bond donors (Lipinski definition) is 2. The lowest BCUT2D eigenvalue weighted by Gasteiger charge is -2.12. The van der Waals surface area contributed by atoms with Gasteiger partial charge in [0.05, 0.1) is 10.6 Å². The Hall–Kier alpha value is -1.54. The molecule has 0 aromatic heterocycles. The molecule has 1 aromatic carbocycles. The zero-order valence-corrected chi connectivity index (χ0v) is 11.5. The highest BCUT2D eigenvalue weighted by Gasteiger charge is 2.27. The van der Waals surface area contributed by atoms with Gasteiger partial charge in [-0.2, -0.15) is 13.2 Å². The molecule has 110 valence electrons. The van der Waals surface area contributed by atoms with E-state index in [2.05, 4.69) is 0 Å². The summed E-state index contributed by atoms with van der Waals surface area (Å²) in [5.74, 6) is -0.789. The summed E-state index contributed by atoms with van der Waals surface area (Å²) in [6, 6.07) is 4.51. The van der Waals surface area contributed by atoms with Crippen LogP contribution in [0.1, 0.15) is 5.56 Å². The second kappa shape index (κ2) is 6.76. The van der Waals surface area contributed by atoms with Gasteiger partial charge in [-0.3, -0.25) is 4.79 Å². The fraction of sp³-hybridized carbons (Fsp3) is 0.273. The molecule has 0 aliphatic carbocycles. The van der Waals surface area contributed by atoms with Gasteiger partial charge in [-0.05, 0) is 12.1 Å². The normalized spacial score (nSPS) is 11.0. The van der Waals surface area contributed by atoms with E-state index in [0.29, 0.717) is 0 Å². The van der Waals surface area contributed by atoms with Gasteiger partial charge in [-0.25, -0.2) is 0 Å². The van der Waals surface area contributed by atoms with Crippen LogP contribution in [0.5, 0.6) is 5.75 Å². The van der Waals surface area contributed by atoms with E-state index in [1.807, 2.05) is 0 Å². The van der Waals surface area contributed by atoms with Crippen molar-refractivity contribution in [2.75, 3.05) is 13.2 Å². The van der Waals surface area contributed by atoms with Crippen LogP contribution in [0, 0.1) is 0 Å².